The van der Waals surface area contributed by atoms with Gasteiger partial charge < -0.3 is 4.98 Å². The Kier molecular flexibility index (Phi) is 3.92. The van der Waals surface area contributed by atoms with Crippen LogP contribution in [0.1, 0.15) is 0 Å². The molecule has 0 bridgehead atoms. The van der Waals surface area contributed by atoms with Gasteiger partial charge in [0.15, 0.2) is 11.0 Å². The first-order valence-corrected chi connectivity index (χ1v) is 8.68. The van der Waals surface area contributed by atoms with E-state index in [9.17, 15) is 0 Å². The van der Waals surface area contributed by atoms with Crippen LogP contribution in [0, 0.1) is 0 Å². The Morgan fingerprint density at radius 1 is 1.04 bits per heavy atom. The molecule has 4 rings (SSSR count). The van der Waals surface area contributed by atoms with Crippen LogP contribution in [0.2, 0.25) is 0 Å². The van der Waals surface area contributed by atoms with Crippen molar-refractivity contribution in [3.8, 4) is 17.2 Å². The molecule has 0 radical (unpaired) electrons. The number of aromatic nitrogens is 4. The van der Waals surface area contributed by atoms with Gasteiger partial charge in [-0.05, 0) is 24.3 Å². The molecule has 0 aliphatic rings. The quantitative estimate of drug-likeness (QED) is 0.426. The maximum atomic E-state index is 4.44. The molecule has 2 heterocycles. The van der Waals surface area contributed by atoms with Crippen molar-refractivity contribution in [1.82, 2.24) is 19.7 Å². The minimum absolute atomic E-state index is 0.789. The molecular formula is C19H16N4S. The number of hydrogen-bond donors (Lipinski definition) is 1. The Balaban J connectivity index is 1.88. The Hall–Kier alpha value is -2.79. The van der Waals surface area contributed by atoms with Gasteiger partial charge in [0.1, 0.15) is 0 Å². The van der Waals surface area contributed by atoms with Crippen molar-refractivity contribution in [2.75, 3.05) is 5.75 Å². The number of fused-ring (bicyclic) bond motifs is 1. The van der Waals surface area contributed by atoms with E-state index in [2.05, 4.69) is 56.7 Å². The highest BCUT2D eigenvalue weighted by Gasteiger charge is 2.17. The predicted molar refractivity (Wildman–Crippen MR) is 99.6 cm³/mol. The fourth-order valence-corrected chi connectivity index (χ4v) is 3.36. The fourth-order valence-electron chi connectivity index (χ4n) is 2.67. The van der Waals surface area contributed by atoms with Crippen molar-refractivity contribution >= 4 is 22.7 Å². The Bertz CT molecular complexity index is 952. The van der Waals surface area contributed by atoms with Crippen molar-refractivity contribution in [2.45, 2.75) is 5.16 Å². The summed E-state index contributed by atoms with van der Waals surface area (Å²) in [7, 11) is 0. The summed E-state index contributed by atoms with van der Waals surface area (Å²) in [5.74, 6) is 1.60. The average molecular weight is 332 g/mol. The molecule has 0 unspecified atom stereocenters. The molecule has 2 aromatic heterocycles. The van der Waals surface area contributed by atoms with Gasteiger partial charge in [-0.25, -0.2) is 0 Å². The molecule has 4 aromatic rings. The zero-order valence-corrected chi connectivity index (χ0v) is 13.8. The summed E-state index contributed by atoms with van der Waals surface area (Å²) in [5.41, 5.74) is 3.09. The molecule has 0 aliphatic heterocycles. The number of H-pyrrole nitrogens is 1. The number of thioether (sulfide) groups is 1. The normalized spacial score (nSPS) is 11.0. The van der Waals surface area contributed by atoms with Crippen LogP contribution in [0.15, 0.2) is 78.5 Å². The van der Waals surface area contributed by atoms with Gasteiger partial charge in [0.05, 0.1) is 5.69 Å². The third-order valence-corrected chi connectivity index (χ3v) is 4.67. The van der Waals surface area contributed by atoms with Crippen LogP contribution in [0.4, 0.5) is 0 Å². The molecule has 0 saturated heterocycles. The lowest BCUT2D eigenvalue weighted by Gasteiger charge is -2.08. The van der Waals surface area contributed by atoms with Gasteiger partial charge in [-0.15, -0.1) is 16.8 Å². The van der Waals surface area contributed by atoms with Crippen LogP contribution in [0.5, 0.6) is 0 Å². The van der Waals surface area contributed by atoms with Crippen molar-refractivity contribution < 1.29 is 0 Å². The number of aromatic amines is 1. The molecule has 0 saturated carbocycles. The smallest absolute Gasteiger partial charge is 0.196 e. The zero-order chi connectivity index (χ0) is 16.4. The van der Waals surface area contributed by atoms with Crippen LogP contribution >= 0.6 is 11.8 Å². The lowest BCUT2D eigenvalue weighted by molar-refractivity contribution is 0.887. The monoisotopic (exact) mass is 332 g/mol. The number of para-hydroxylation sites is 2. The van der Waals surface area contributed by atoms with Gasteiger partial charge in [-0.2, -0.15) is 0 Å². The Morgan fingerprint density at radius 3 is 2.62 bits per heavy atom. The number of nitrogens with one attached hydrogen (secondary N) is 1. The van der Waals surface area contributed by atoms with Crippen LogP contribution in [0.3, 0.4) is 0 Å². The number of rotatable bonds is 5. The molecule has 0 fully saturated rings. The summed E-state index contributed by atoms with van der Waals surface area (Å²) in [6, 6.07) is 20.5. The second-order valence-electron chi connectivity index (χ2n) is 5.35. The van der Waals surface area contributed by atoms with E-state index in [0.717, 1.165) is 39.0 Å². The molecule has 0 amide bonds. The Labute approximate surface area is 144 Å². The van der Waals surface area contributed by atoms with E-state index >= 15 is 0 Å². The topological polar surface area (TPSA) is 46.5 Å². The van der Waals surface area contributed by atoms with Gasteiger partial charge >= 0.3 is 0 Å². The van der Waals surface area contributed by atoms with E-state index in [1.54, 1.807) is 11.8 Å². The van der Waals surface area contributed by atoms with Crippen molar-refractivity contribution in [1.29, 1.82) is 0 Å². The third kappa shape index (κ3) is 2.63. The zero-order valence-electron chi connectivity index (χ0n) is 13.0. The van der Waals surface area contributed by atoms with Crippen LogP contribution < -0.4 is 0 Å². The third-order valence-electron chi connectivity index (χ3n) is 3.75. The van der Waals surface area contributed by atoms with Gasteiger partial charge in [-0.3, -0.25) is 4.57 Å². The maximum absolute atomic E-state index is 4.44. The molecule has 0 aliphatic carbocycles. The molecule has 118 valence electrons. The standard InChI is InChI=1S/C19H16N4S/c1-2-12-24-19-22-21-18(23(19)15-9-4-3-5-10-15)17-13-14-8-6-7-11-16(14)20-17/h2-11,13,20H,1,12H2. The summed E-state index contributed by atoms with van der Waals surface area (Å²) in [6.07, 6.45) is 1.87. The van der Waals surface area contributed by atoms with Gasteiger partial charge in [0.25, 0.3) is 0 Å². The molecule has 0 atom stereocenters. The van der Waals surface area contributed by atoms with Crippen LogP contribution in [-0.2, 0) is 0 Å². The predicted octanol–water partition coefficient (Wildman–Crippen LogP) is 4.69. The first kappa shape index (κ1) is 14.8. The molecule has 2 aromatic carbocycles. The minimum atomic E-state index is 0.789. The molecule has 1 N–H and O–H groups in total. The van der Waals surface area contributed by atoms with Gasteiger partial charge in [-0.1, -0.05) is 54.2 Å². The van der Waals surface area contributed by atoms with Gasteiger partial charge in [0, 0.05) is 22.3 Å². The largest absolute Gasteiger partial charge is 0.352 e. The highest BCUT2D eigenvalue weighted by molar-refractivity contribution is 7.99. The highest BCUT2D eigenvalue weighted by atomic mass is 32.2. The summed E-state index contributed by atoms with van der Waals surface area (Å²) < 4.78 is 2.08. The number of hydrogen-bond acceptors (Lipinski definition) is 3. The summed E-state index contributed by atoms with van der Waals surface area (Å²) >= 11 is 1.62. The maximum Gasteiger partial charge on any atom is 0.196 e. The molecule has 0 spiro atoms. The first-order chi connectivity index (χ1) is 11.9. The van der Waals surface area contributed by atoms with E-state index in [0.29, 0.717) is 0 Å². The molecular weight excluding hydrogens is 316 g/mol. The van der Waals surface area contributed by atoms with Crippen LogP contribution in [-0.4, -0.2) is 25.5 Å². The number of nitrogens with zero attached hydrogens (tertiary/aromatic N) is 3. The summed E-state index contributed by atoms with van der Waals surface area (Å²) in [5, 5.41) is 10.8. The van der Waals surface area contributed by atoms with E-state index in [1.165, 1.54) is 0 Å². The molecule has 4 nitrogen and oxygen atoms in total. The SMILES string of the molecule is C=CCSc1nnc(-c2cc3ccccc3[nH]2)n1-c1ccccc1. The van der Waals surface area contributed by atoms with Crippen LogP contribution in [0.25, 0.3) is 28.1 Å². The van der Waals surface area contributed by atoms with E-state index in [1.807, 2.05) is 36.4 Å². The van der Waals surface area contributed by atoms with Crippen molar-refractivity contribution in [2.24, 2.45) is 0 Å². The molecule has 5 heteroatoms. The molecule has 24 heavy (non-hydrogen) atoms. The minimum Gasteiger partial charge on any atom is -0.352 e. The summed E-state index contributed by atoms with van der Waals surface area (Å²) in [6.45, 7) is 3.79. The van der Waals surface area contributed by atoms with Gasteiger partial charge in [0.2, 0.25) is 0 Å². The second kappa shape index (κ2) is 6.37. The van der Waals surface area contributed by atoms with Crippen molar-refractivity contribution in [3.05, 3.63) is 73.3 Å². The highest BCUT2D eigenvalue weighted by Crippen LogP contribution is 2.29. The average Bonchev–Trinajstić information content (AvgIpc) is 3.24. The van der Waals surface area contributed by atoms with E-state index in [-0.39, 0.29) is 0 Å². The van der Waals surface area contributed by atoms with E-state index in [4.69, 9.17) is 0 Å². The second-order valence-corrected chi connectivity index (χ2v) is 6.33. The number of benzene rings is 2. The summed E-state index contributed by atoms with van der Waals surface area (Å²) in [4.78, 5) is 3.44. The first-order valence-electron chi connectivity index (χ1n) is 7.69. The van der Waals surface area contributed by atoms with Crippen molar-refractivity contribution in [3.63, 3.8) is 0 Å². The fraction of sp³-hybridized carbons (Fsp3) is 0.0526. The lowest BCUT2D eigenvalue weighted by Crippen LogP contribution is -1.99. The Morgan fingerprint density at radius 2 is 1.83 bits per heavy atom. The van der Waals surface area contributed by atoms with E-state index < -0.39 is 0 Å². The lowest BCUT2D eigenvalue weighted by atomic mass is 10.2.